The van der Waals surface area contributed by atoms with Crippen molar-refractivity contribution in [2.45, 2.75) is 19.8 Å². The van der Waals surface area contributed by atoms with Crippen molar-refractivity contribution in [2.24, 2.45) is 5.73 Å². The molecule has 1 aromatic rings. The largest absolute Gasteiger partial charge is 0.494 e. The van der Waals surface area contributed by atoms with E-state index in [-0.39, 0.29) is 5.84 Å². The molecule has 0 spiro atoms. The van der Waals surface area contributed by atoms with Crippen LogP contribution in [0, 0.1) is 12.3 Å². The normalized spacial score (nSPS) is 10.0. The number of hydrogen-bond donors (Lipinski definition) is 2. The molecule has 0 saturated heterocycles. The van der Waals surface area contributed by atoms with E-state index in [1.807, 2.05) is 25.1 Å². The predicted molar refractivity (Wildman–Crippen MR) is 62.8 cm³/mol. The molecule has 0 aromatic heterocycles. The molecule has 82 valence electrons. The lowest BCUT2D eigenvalue weighted by Crippen LogP contribution is -2.10. The molecule has 0 aliphatic carbocycles. The lowest BCUT2D eigenvalue weighted by Gasteiger charge is -2.07. The van der Waals surface area contributed by atoms with Crippen molar-refractivity contribution in [3.8, 4) is 5.75 Å². The number of amidine groups is 1. The highest BCUT2D eigenvalue weighted by Crippen LogP contribution is 2.21. The second kappa shape index (κ2) is 5.61. The third kappa shape index (κ3) is 4.21. The summed E-state index contributed by atoms with van der Waals surface area (Å²) in [6.45, 7) is 2.51. The van der Waals surface area contributed by atoms with Crippen molar-refractivity contribution in [1.29, 1.82) is 5.41 Å². The minimum atomic E-state index is 0.200. The third-order valence-corrected chi connectivity index (χ3v) is 2.41. The molecule has 0 unspecified atom stereocenters. The Bertz CT molecular complexity index is 352. The van der Waals surface area contributed by atoms with Crippen LogP contribution in [0.4, 0.5) is 0 Å². The zero-order chi connectivity index (χ0) is 11.3. The maximum atomic E-state index is 7.04. The van der Waals surface area contributed by atoms with Crippen LogP contribution in [0.15, 0.2) is 18.2 Å². The Kier molecular flexibility index (Phi) is 4.43. The zero-order valence-corrected chi connectivity index (χ0v) is 9.47. The van der Waals surface area contributed by atoms with E-state index in [1.54, 1.807) is 0 Å². The average molecular weight is 227 g/mol. The summed E-state index contributed by atoms with van der Waals surface area (Å²) in [5, 5.41) is 7.79. The van der Waals surface area contributed by atoms with Crippen LogP contribution in [0.25, 0.3) is 0 Å². The monoisotopic (exact) mass is 226 g/mol. The molecular weight excluding hydrogens is 212 g/mol. The molecule has 1 aromatic carbocycles. The number of nitrogens with two attached hydrogens (primary N) is 1. The zero-order valence-electron chi connectivity index (χ0n) is 8.72. The Hall–Kier alpha value is -1.22. The van der Waals surface area contributed by atoms with Gasteiger partial charge in [0.05, 0.1) is 12.4 Å². The van der Waals surface area contributed by atoms with Gasteiger partial charge in [-0.15, -0.1) is 0 Å². The number of benzene rings is 1. The molecule has 0 aliphatic heterocycles. The fraction of sp³-hybridized carbons (Fsp3) is 0.364. The van der Waals surface area contributed by atoms with Gasteiger partial charge in [0.25, 0.3) is 0 Å². The number of rotatable bonds is 5. The van der Waals surface area contributed by atoms with E-state index in [9.17, 15) is 0 Å². The topological polar surface area (TPSA) is 59.1 Å². The molecule has 3 nitrogen and oxygen atoms in total. The van der Waals surface area contributed by atoms with Gasteiger partial charge in [-0.1, -0.05) is 11.6 Å². The number of nitrogens with one attached hydrogen (secondary N) is 1. The summed E-state index contributed by atoms with van der Waals surface area (Å²) in [7, 11) is 0. The van der Waals surface area contributed by atoms with E-state index >= 15 is 0 Å². The first-order chi connectivity index (χ1) is 7.09. The van der Waals surface area contributed by atoms with E-state index in [0.717, 1.165) is 22.8 Å². The summed E-state index contributed by atoms with van der Waals surface area (Å²) in [6, 6.07) is 5.55. The quantitative estimate of drug-likeness (QED) is 0.461. The highest BCUT2D eigenvalue weighted by atomic mass is 35.5. The first-order valence-corrected chi connectivity index (χ1v) is 5.19. The van der Waals surface area contributed by atoms with Crippen LogP contribution in [0.3, 0.4) is 0 Å². The number of ether oxygens (including phenoxy) is 1. The molecule has 0 bridgehead atoms. The summed E-state index contributed by atoms with van der Waals surface area (Å²) in [5.74, 6) is 1.01. The van der Waals surface area contributed by atoms with Gasteiger partial charge < -0.3 is 10.5 Å². The van der Waals surface area contributed by atoms with Crippen LogP contribution in [0.5, 0.6) is 5.75 Å². The van der Waals surface area contributed by atoms with E-state index < -0.39 is 0 Å². The summed E-state index contributed by atoms with van der Waals surface area (Å²) in [5.41, 5.74) is 6.23. The van der Waals surface area contributed by atoms with Gasteiger partial charge in [0.1, 0.15) is 5.75 Å². The minimum Gasteiger partial charge on any atom is -0.494 e. The van der Waals surface area contributed by atoms with Gasteiger partial charge in [-0.25, -0.2) is 0 Å². The fourth-order valence-corrected chi connectivity index (χ4v) is 1.28. The van der Waals surface area contributed by atoms with Crippen molar-refractivity contribution in [1.82, 2.24) is 0 Å². The van der Waals surface area contributed by atoms with Crippen LogP contribution >= 0.6 is 11.6 Å². The molecule has 0 heterocycles. The Morgan fingerprint density at radius 1 is 1.53 bits per heavy atom. The maximum absolute atomic E-state index is 7.04. The Balaban J connectivity index is 2.38. The molecule has 3 N–H and O–H groups in total. The maximum Gasteiger partial charge on any atom is 0.119 e. The molecule has 0 radical (unpaired) electrons. The van der Waals surface area contributed by atoms with Crippen LogP contribution in [-0.2, 0) is 0 Å². The standard InChI is InChI=1S/C11H15ClN2O/c1-8-7-9(4-5-10(8)12)15-6-2-3-11(13)14/h4-5,7H,2-3,6H2,1H3,(H3,13,14). The van der Waals surface area contributed by atoms with Crippen LogP contribution in [0.2, 0.25) is 5.02 Å². The van der Waals surface area contributed by atoms with Gasteiger partial charge in [-0.2, -0.15) is 0 Å². The number of halogens is 1. The van der Waals surface area contributed by atoms with E-state index in [2.05, 4.69) is 0 Å². The lowest BCUT2D eigenvalue weighted by molar-refractivity contribution is 0.313. The highest BCUT2D eigenvalue weighted by Gasteiger charge is 1.98. The third-order valence-electron chi connectivity index (χ3n) is 1.99. The Morgan fingerprint density at radius 3 is 2.87 bits per heavy atom. The van der Waals surface area contributed by atoms with Crippen molar-refractivity contribution in [2.75, 3.05) is 6.61 Å². The molecule has 0 saturated carbocycles. The van der Waals surface area contributed by atoms with Gasteiger partial charge in [0.2, 0.25) is 0 Å². The first-order valence-electron chi connectivity index (χ1n) is 4.81. The van der Waals surface area contributed by atoms with Crippen molar-refractivity contribution in [3.63, 3.8) is 0 Å². The second-order valence-electron chi connectivity index (χ2n) is 3.39. The van der Waals surface area contributed by atoms with E-state index in [1.165, 1.54) is 0 Å². The summed E-state index contributed by atoms with van der Waals surface area (Å²) < 4.78 is 5.48. The Morgan fingerprint density at radius 2 is 2.27 bits per heavy atom. The summed E-state index contributed by atoms with van der Waals surface area (Å²) >= 11 is 5.88. The van der Waals surface area contributed by atoms with Crippen molar-refractivity contribution >= 4 is 17.4 Å². The molecule has 0 aliphatic rings. The van der Waals surface area contributed by atoms with Gasteiger partial charge in [0, 0.05) is 11.4 Å². The second-order valence-corrected chi connectivity index (χ2v) is 3.80. The van der Waals surface area contributed by atoms with Crippen molar-refractivity contribution in [3.05, 3.63) is 28.8 Å². The van der Waals surface area contributed by atoms with Crippen LogP contribution < -0.4 is 10.5 Å². The molecular formula is C11H15ClN2O. The molecule has 0 atom stereocenters. The molecule has 1 rings (SSSR count). The predicted octanol–water partition coefficient (Wildman–Crippen LogP) is 2.74. The highest BCUT2D eigenvalue weighted by molar-refractivity contribution is 6.31. The van der Waals surface area contributed by atoms with Gasteiger partial charge >= 0.3 is 0 Å². The molecule has 15 heavy (non-hydrogen) atoms. The fourth-order valence-electron chi connectivity index (χ4n) is 1.16. The van der Waals surface area contributed by atoms with E-state index in [0.29, 0.717) is 13.0 Å². The molecule has 4 heteroatoms. The first kappa shape index (κ1) is 11.9. The number of aryl methyl sites for hydroxylation is 1. The molecule has 0 amide bonds. The smallest absolute Gasteiger partial charge is 0.119 e. The van der Waals surface area contributed by atoms with Gasteiger partial charge in [0.15, 0.2) is 0 Å². The van der Waals surface area contributed by atoms with Crippen LogP contribution in [0.1, 0.15) is 18.4 Å². The van der Waals surface area contributed by atoms with Crippen LogP contribution in [-0.4, -0.2) is 12.4 Å². The van der Waals surface area contributed by atoms with Crippen molar-refractivity contribution < 1.29 is 4.74 Å². The molecule has 0 fully saturated rings. The summed E-state index contributed by atoms with van der Waals surface area (Å²) in [4.78, 5) is 0. The average Bonchev–Trinajstić information content (AvgIpc) is 2.18. The van der Waals surface area contributed by atoms with Gasteiger partial charge in [-0.3, -0.25) is 5.41 Å². The minimum absolute atomic E-state index is 0.200. The number of hydrogen-bond acceptors (Lipinski definition) is 2. The lowest BCUT2D eigenvalue weighted by atomic mass is 10.2. The SMILES string of the molecule is Cc1cc(OCCCC(=N)N)ccc1Cl. The van der Waals surface area contributed by atoms with E-state index in [4.69, 9.17) is 27.5 Å². The Labute approximate surface area is 94.7 Å². The van der Waals surface area contributed by atoms with Gasteiger partial charge in [-0.05, 0) is 37.1 Å². The summed E-state index contributed by atoms with van der Waals surface area (Å²) in [6.07, 6.45) is 1.34.